The Balaban J connectivity index is 2.92. The zero-order chi connectivity index (χ0) is 11.7. The summed E-state index contributed by atoms with van der Waals surface area (Å²) in [6.45, 7) is 7.36. The predicted molar refractivity (Wildman–Crippen MR) is 63.2 cm³/mol. The molecule has 0 unspecified atom stereocenters. The van der Waals surface area contributed by atoms with Crippen molar-refractivity contribution in [3.63, 3.8) is 0 Å². The van der Waals surface area contributed by atoms with Crippen LogP contribution in [-0.4, -0.2) is 21.2 Å². The highest BCUT2D eigenvalue weighted by molar-refractivity contribution is 6.33. The number of hydrogen-bond acceptors (Lipinski definition) is 3. The van der Waals surface area contributed by atoms with Gasteiger partial charge in [0.05, 0.1) is 21.8 Å². The highest BCUT2D eigenvalue weighted by Crippen LogP contribution is 2.29. The van der Waals surface area contributed by atoms with E-state index < -0.39 is 11.1 Å². The Hall–Kier alpha value is -0.800. The molecule has 0 aliphatic rings. The molecule has 0 amide bonds. The van der Waals surface area contributed by atoms with E-state index in [4.69, 9.17) is 11.6 Å². The normalized spacial score (nSPS) is 12.7. The van der Waals surface area contributed by atoms with Crippen LogP contribution in [0.5, 0.6) is 0 Å². The number of nitrogens with zero attached hydrogens (tertiary/aromatic N) is 1. The average Bonchev–Trinajstić information content (AvgIpc) is 2.06. The SMILES string of the molecule is CC(C)(O)C(C)(C)Nc1ccncc1Cl. The Morgan fingerprint density at radius 2 is 1.93 bits per heavy atom. The van der Waals surface area contributed by atoms with E-state index in [2.05, 4.69) is 10.3 Å². The summed E-state index contributed by atoms with van der Waals surface area (Å²) in [5, 5.41) is 13.7. The van der Waals surface area contributed by atoms with Gasteiger partial charge in [-0.25, -0.2) is 0 Å². The Morgan fingerprint density at radius 3 is 2.40 bits per heavy atom. The van der Waals surface area contributed by atoms with Crippen LogP contribution in [0, 0.1) is 0 Å². The van der Waals surface area contributed by atoms with Gasteiger partial charge >= 0.3 is 0 Å². The minimum Gasteiger partial charge on any atom is -0.388 e. The lowest BCUT2D eigenvalue weighted by Crippen LogP contribution is -2.51. The van der Waals surface area contributed by atoms with Crippen molar-refractivity contribution >= 4 is 17.3 Å². The molecule has 0 spiro atoms. The maximum atomic E-state index is 9.98. The first kappa shape index (κ1) is 12.3. The molecule has 0 aliphatic carbocycles. The highest BCUT2D eigenvalue weighted by Gasteiger charge is 2.35. The topological polar surface area (TPSA) is 45.1 Å². The third kappa shape index (κ3) is 2.83. The minimum atomic E-state index is -0.848. The standard InChI is InChI=1S/C11H17ClN2O/c1-10(2,11(3,4)15)14-9-5-6-13-7-8(9)12/h5-7,15H,1-4H3,(H,13,14). The summed E-state index contributed by atoms with van der Waals surface area (Å²) >= 11 is 5.97. The van der Waals surface area contributed by atoms with Crippen LogP contribution < -0.4 is 5.32 Å². The van der Waals surface area contributed by atoms with Gasteiger partial charge < -0.3 is 10.4 Å². The van der Waals surface area contributed by atoms with E-state index in [1.54, 1.807) is 32.3 Å². The van der Waals surface area contributed by atoms with Gasteiger partial charge in [0.25, 0.3) is 0 Å². The predicted octanol–water partition coefficient (Wildman–Crippen LogP) is 2.70. The van der Waals surface area contributed by atoms with Crippen molar-refractivity contribution in [2.75, 3.05) is 5.32 Å². The summed E-state index contributed by atoms with van der Waals surface area (Å²) in [7, 11) is 0. The summed E-state index contributed by atoms with van der Waals surface area (Å²) in [4.78, 5) is 3.90. The Labute approximate surface area is 95.5 Å². The molecule has 1 aromatic rings. The fourth-order valence-electron chi connectivity index (χ4n) is 0.966. The quantitative estimate of drug-likeness (QED) is 0.836. The molecule has 0 saturated carbocycles. The minimum absolute atomic E-state index is 0.474. The zero-order valence-electron chi connectivity index (χ0n) is 9.50. The van der Waals surface area contributed by atoms with Crippen LogP contribution >= 0.6 is 11.6 Å². The van der Waals surface area contributed by atoms with Gasteiger partial charge in [0.1, 0.15) is 0 Å². The zero-order valence-corrected chi connectivity index (χ0v) is 10.3. The molecule has 0 radical (unpaired) electrons. The van der Waals surface area contributed by atoms with Gasteiger partial charge in [-0.2, -0.15) is 0 Å². The van der Waals surface area contributed by atoms with E-state index in [-0.39, 0.29) is 0 Å². The molecule has 3 nitrogen and oxygen atoms in total. The fraction of sp³-hybridized carbons (Fsp3) is 0.545. The lowest BCUT2D eigenvalue weighted by molar-refractivity contribution is 0.0240. The van der Waals surface area contributed by atoms with Crippen LogP contribution in [0.25, 0.3) is 0 Å². The molecular formula is C11H17ClN2O. The van der Waals surface area contributed by atoms with E-state index >= 15 is 0 Å². The largest absolute Gasteiger partial charge is 0.388 e. The third-order valence-corrected chi connectivity index (χ3v) is 3.05. The van der Waals surface area contributed by atoms with E-state index in [0.717, 1.165) is 5.69 Å². The average molecular weight is 229 g/mol. The summed E-state index contributed by atoms with van der Waals surface area (Å²) in [6.07, 6.45) is 3.24. The van der Waals surface area contributed by atoms with Gasteiger partial charge in [-0.05, 0) is 33.8 Å². The van der Waals surface area contributed by atoms with Crippen LogP contribution in [0.15, 0.2) is 18.5 Å². The van der Waals surface area contributed by atoms with Crippen LogP contribution in [-0.2, 0) is 0 Å². The van der Waals surface area contributed by atoms with E-state index in [9.17, 15) is 5.11 Å². The van der Waals surface area contributed by atoms with Crippen molar-refractivity contribution < 1.29 is 5.11 Å². The van der Waals surface area contributed by atoms with Gasteiger partial charge in [0, 0.05) is 12.4 Å². The molecule has 1 aromatic heterocycles. The van der Waals surface area contributed by atoms with Crippen LogP contribution in [0.1, 0.15) is 27.7 Å². The van der Waals surface area contributed by atoms with Crippen LogP contribution in [0.4, 0.5) is 5.69 Å². The van der Waals surface area contributed by atoms with Crippen molar-refractivity contribution in [2.24, 2.45) is 0 Å². The maximum absolute atomic E-state index is 9.98. The molecule has 0 aliphatic heterocycles. The van der Waals surface area contributed by atoms with Crippen molar-refractivity contribution in [3.8, 4) is 0 Å². The van der Waals surface area contributed by atoms with Crippen molar-refractivity contribution in [1.29, 1.82) is 0 Å². The van der Waals surface area contributed by atoms with Gasteiger partial charge in [0.2, 0.25) is 0 Å². The molecule has 15 heavy (non-hydrogen) atoms. The first-order valence-electron chi connectivity index (χ1n) is 4.84. The first-order valence-corrected chi connectivity index (χ1v) is 5.22. The molecule has 4 heteroatoms. The maximum Gasteiger partial charge on any atom is 0.0820 e. The number of rotatable bonds is 3. The fourth-order valence-corrected chi connectivity index (χ4v) is 1.13. The van der Waals surface area contributed by atoms with Gasteiger partial charge in [-0.15, -0.1) is 0 Å². The van der Waals surface area contributed by atoms with Crippen molar-refractivity contribution in [1.82, 2.24) is 4.98 Å². The smallest absolute Gasteiger partial charge is 0.0820 e. The summed E-state index contributed by atoms with van der Waals surface area (Å²) < 4.78 is 0. The molecule has 0 saturated heterocycles. The molecule has 84 valence electrons. The molecule has 2 N–H and O–H groups in total. The molecule has 1 heterocycles. The van der Waals surface area contributed by atoms with E-state index in [0.29, 0.717) is 5.02 Å². The highest BCUT2D eigenvalue weighted by atomic mass is 35.5. The number of pyridine rings is 1. The van der Waals surface area contributed by atoms with E-state index in [1.165, 1.54) is 0 Å². The number of anilines is 1. The van der Waals surface area contributed by atoms with E-state index in [1.807, 2.05) is 13.8 Å². The lowest BCUT2D eigenvalue weighted by atomic mass is 9.86. The number of aromatic nitrogens is 1. The summed E-state index contributed by atoms with van der Waals surface area (Å²) in [5.41, 5.74) is -0.545. The molecule has 0 fully saturated rings. The van der Waals surface area contributed by atoms with Gasteiger partial charge in [-0.1, -0.05) is 11.6 Å². The molecule has 0 atom stereocenters. The second-order valence-corrected chi connectivity index (χ2v) is 5.07. The van der Waals surface area contributed by atoms with Gasteiger partial charge in [0.15, 0.2) is 0 Å². The molecule has 1 rings (SSSR count). The van der Waals surface area contributed by atoms with Crippen molar-refractivity contribution in [3.05, 3.63) is 23.5 Å². The third-order valence-electron chi connectivity index (χ3n) is 2.75. The first-order chi connectivity index (χ1) is 6.74. The second-order valence-electron chi connectivity index (χ2n) is 4.66. The van der Waals surface area contributed by atoms with Crippen LogP contribution in [0.3, 0.4) is 0 Å². The van der Waals surface area contributed by atoms with Crippen LogP contribution in [0.2, 0.25) is 5.02 Å². The number of aliphatic hydroxyl groups is 1. The number of halogens is 1. The van der Waals surface area contributed by atoms with Gasteiger partial charge in [-0.3, -0.25) is 4.98 Å². The number of hydrogen-bond donors (Lipinski definition) is 2. The van der Waals surface area contributed by atoms with Crippen molar-refractivity contribution in [2.45, 2.75) is 38.8 Å². The summed E-state index contributed by atoms with van der Waals surface area (Å²) in [6, 6.07) is 1.79. The summed E-state index contributed by atoms with van der Waals surface area (Å²) in [5.74, 6) is 0. The second kappa shape index (κ2) is 3.99. The Kier molecular flexibility index (Phi) is 3.26. The molecular weight excluding hydrogens is 212 g/mol. The monoisotopic (exact) mass is 228 g/mol. The molecule has 0 aromatic carbocycles. The number of nitrogens with one attached hydrogen (secondary N) is 1. The Morgan fingerprint density at radius 1 is 1.33 bits per heavy atom. The lowest BCUT2D eigenvalue weighted by Gasteiger charge is -2.39. The molecule has 0 bridgehead atoms. The Bertz CT molecular complexity index is 345.